The van der Waals surface area contributed by atoms with Crippen LogP contribution in [0.25, 0.3) is 0 Å². The highest BCUT2D eigenvalue weighted by molar-refractivity contribution is 6.30. The van der Waals surface area contributed by atoms with Gasteiger partial charge >= 0.3 is 0 Å². The van der Waals surface area contributed by atoms with Crippen LogP contribution in [0.15, 0.2) is 48.5 Å². The molecule has 2 aromatic rings. The first-order valence-electron chi connectivity index (χ1n) is 6.72. The van der Waals surface area contributed by atoms with Crippen LogP contribution < -0.4 is 4.74 Å². The first-order chi connectivity index (χ1) is 10.0. The van der Waals surface area contributed by atoms with Crippen molar-refractivity contribution in [3.63, 3.8) is 0 Å². The predicted molar refractivity (Wildman–Crippen MR) is 84.6 cm³/mol. The first kappa shape index (κ1) is 15.4. The lowest BCUT2D eigenvalue weighted by molar-refractivity contribution is -0.132. The fraction of sp³-hybridized carbons (Fsp3) is 0.235. The van der Waals surface area contributed by atoms with Gasteiger partial charge in [-0.05, 0) is 36.8 Å². The molecule has 3 nitrogen and oxygen atoms in total. The van der Waals surface area contributed by atoms with Gasteiger partial charge in [0.15, 0.2) is 6.61 Å². The molecule has 0 N–H and O–H groups in total. The zero-order valence-electron chi connectivity index (χ0n) is 12.2. The van der Waals surface area contributed by atoms with Crippen molar-refractivity contribution in [3.8, 4) is 5.75 Å². The van der Waals surface area contributed by atoms with E-state index >= 15 is 0 Å². The van der Waals surface area contributed by atoms with Gasteiger partial charge < -0.3 is 9.64 Å². The van der Waals surface area contributed by atoms with E-state index in [1.807, 2.05) is 55.5 Å². The molecule has 2 rings (SSSR count). The van der Waals surface area contributed by atoms with Crippen molar-refractivity contribution in [2.45, 2.75) is 13.5 Å². The fourth-order valence-electron chi connectivity index (χ4n) is 1.89. The molecule has 0 fully saturated rings. The van der Waals surface area contributed by atoms with Gasteiger partial charge in [0, 0.05) is 18.6 Å². The Balaban J connectivity index is 1.86. The Bertz CT molecular complexity index is 610. The highest BCUT2D eigenvalue weighted by Crippen LogP contribution is 2.13. The number of carbonyl (C=O) groups is 1. The van der Waals surface area contributed by atoms with Gasteiger partial charge in [-0.25, -0.2) is 0 Å². The van der Waals surface area contributed by atoms with Crippen molar-refractivity contribution in [1.82, 2.24) is 4.90 Å². The molecule has 0 radical (unpaired) electrons. The molecule has 0 aliphatic carbocycles. The standard InChI is InChI=1S/C17H18ClNO2/c1-13-6-8-16(9-7-13)21-12-17(20)19(2)11-14-4-3-5-15(18)10-14/h3-10H,11-12H2,1-2H3. The van der Waals surface area contributed by atoms with Gasteiger partial charge in [0.05, 0.1) is 0 Å². The maximum atomic E-state index is 12.0. The molecule has 110 valence electrons. The molecule has 0 bridgehead atoms. The van der Waals surface area contributed by atoms with E-state index in [2.05, 4.69) is 0 Å². The molecule has 0 aliphatic heterocycles. The van der Waals surface area contributed by atoms with Crippen molar-refractivity contribution < 1.29 is 9.53 Å². The monoisotopic (exact) mass is 303 g/mol. The quantitative estimate of drug-likeness (QED) is 0.843. The number of hydrogen-bond donors (Lipinski definition) is 0. The molecule has 0 spiro atoms. The molecule has 21 heavy (non-hydrogen) atoms. The van der Waals surface area contributed by atoms with E-state index in [0.717, 1.165) is 11.1 Å². The third-order valence-electron chi connectivity index (χ3n) is 3.12. The van der Waals surface area contributed by atoms with Gasteiger partial charge in [0.2, 0.25) is 0 Å². The average molecular weight is 304 g/mol. The van der Waals surface area contributed by atoms with E-state index in [0.29, 0.717) is 17.3 Å². The second-order valence-corrected chi connectivity index (χ2v) is 5.42. The molecule has 0 saturated heterocycles. The Morgan fingerprint density at radius 3 is 2.57 bits per heavy atom. The van der Waals surface area contributed by atoms with Gasteiger partial charge in [-0.15, -0.1) is 0 Å². The van der Waals surface area contributed by atoms with E-state index in [1.165, 1.54) is 0 Å². The number of benzene rings is 2. The van der Waals surface area contributed by atoms with Gasteiger partial charge in [0.25, 0.3) is 5.91 Å². The third-order valence-corrected chi connectivity index (χ3v) is 3.35. The van der Waals surface area contributed by atoms with Crippen LogP contribution >= 0.6 is 11.6 Å². The summed E-state index contributed by atoms with van der Waals surface area (Å²) in [5.74, 6) is 0.626. The third kappa shape index (κ3) is 4.80. The van der Waals surface area contributed by atoms with E-state index in [-0.39, 0.29) is 12.5 Å². The zero-order valence-corrected chi connectivity index (χ0v) is 12.9. The summed E-state index contributed by atoms with van der Waals surface area (Å²) in [6.07, 6.45) is 0. The van der Waals surface area contributed by atoms with Crippen LogP contribution in [-0.4, -0.2) is 24.5 Å². The molecule has 0 atom stereocenters. The van der Waals surface area contributed by atoms with Gasteiger partial charge in [-0.2, -0.15) is 0 Å². The lowest BCUT2D eigenvalue weighted by Crippen LogP contribution is -2.30. The molecule has 2 aromatic carbocycles. The highest BCUT2D eigenvalue weighted by Gasteiger charge is 2.10. The Morgan fingerprint density at radius 1 is 1.19 bits per heavy atom. The molecule has 0 heterocycles. The first-order valence-corrected chi connectivity index (χ1v) is 7.10. The van der Waals surface area contributed by atoms with Crippen LogP contribution in [-0.2, 0) is 11.3 Å². The van der Waals surface area contributed by atoms with Crippen molar-refractivity contribution >= 4 is 17.5 Å². The predicted octanol–water partition coefficient (Wildman–Crippen LogP) is 3.69. The maximum absolute atomic E-state index is 12.0. The minimum Gasteiger partial charge on any atom is -0.484 e. The van der Waals surface area contributed by atoms with Crippen LogP contribution in [0, 0.1) is 6.92 Å². The molecule has 0 saturated carbocycles. The largest absolute Gasteiger partial charge is 0.484 e. The van der Waals surface area contributed by atoms with Crippen LogP contribution in [0.2, 0.25) is 5.02 Å². The molecule has 0 unspecified atom stereocenters. The summed E-state index contributed by atoms with van der Waals surface area (Å²) in [5.41, 5.74) is 2.15. The maximum Gasteiger partial charge on any atom is 0.260 e. The minimum absolute atomic E-state index is 0.0279. The number of halogens is 1. The Morgan fingerprint density at radius 2 is 1.90 bits per heavy atom. The Kier molecular flexibility index (Phi) is 5.23. The van der Waals surface area contributed by atoms with E-state index in [4.69, 9.17) is 16.3 Å². The number of rotatable bonds is 5. The number of amides is 1. The number of aryl methyl sites for hydroxylation is 1. The zero-order chi connectivity index (χ0) is 15.2. The summed E-state index contributed by atoms with van der Waals surface area (Å²) in [6.45, 7) is 2.55. The smallest absolute Gasteiger partial charge is 0.260 e. The van der Waals surface area contributed by atoms with E-state index in [1.54, 1.807) is 11.9 Å². The fourth-order valence-corrected chi connectivity index (χ4v) is 2.10. The summed E-state index contributed by atoms with van der Waals surface area (Å²) < 4.78 is 5.49. The Hall–Kier alpha value is -2.00. The number of ether oxygens (including phenoxy) is 1. The van der Waals surface area contributed by atoms with Crippen molar-refractivity contribution in [2.75, 3.05) is 13.7 Å². The van der Waals surface area contributed by atoms with E-state index < -0.39 is 0 Å². The number of hydrogen-bond acceptors (Lipinski definition) is 2. The van der Waals surface area contributed by atoms with Crippen LogP contribution in [0.5, 0.6) is 5.75 Å². The van der Waals surface area contributed by atoms with Gasteiger partial charge in [0.1, 0.15) is 5.75 Å². The molecular weight excluding hydrogens is 286 g/mol. The number of nitrogens with zero attached hydrogens (tertiary/aromatic N) is 1. The van der Waals surface area contributed by atoms with Crippen molar-refractivity contribution in [3.05, 3.63) is 64.7 Å². The molecule has 0 aromatic heterocycles. The topological polar surface area (TPSA) is 29.5 Å². The summed E-state index contributed by atoms with van der Waals surface area (Å²) >= 11 is 5.93. The molecule has 1 amide bonds. The highest BCUT2D eigenvalue weighted by atomic mass is 35.5. The number of likely N-dealkylation sites (N-methyl/N-ethyl adjacent to an activating group) is 1. The molecule has 0 aliphatic rings. The molecular formula is C17H18ClNO2. The average Bonchev–Trinajstić information content (AvgIpc) is 2.46. The van der Waals surface area contributed by atoms with Crippen molar-refractivity contribution in [1.29, 1.82) is 0 Å². The lowest BCUT2D eigenvalue weighted by Gasteiger charge is -2.17. The normalized spacial score (nSPS) is 10.2. The SMILES string of the molecule is Cc1ccc(OCC(=O)N(C)Cc2cccc(Cl)c2)cc1. The van der Waals surface area contributed by atoms with Gasteiger partial charge in [-0.1, -0.05) is 41.4 Å². The summed E-state index contributed by atoms with van der Waals surface area (Å²) in [5, 5.41) is 0.671. The van der Waals surface area contributed by atoms with Crippen LogP contribution in [0.4, 0.5) is 0 Å². The van der Waals surface area contributed by atoms with Crippen molar-refractivity contribution in [2.24, 2.45) is 0 Å². The Labute approximate surface area is 130 Å². The van der Waals surface area contributed by atoms with Crippen LogP contribution in [0.3, 0.4) is 0 Å². The lowest BCUT2D eigenvalue weighted by atomic mass is 10.2. The molecule has 4 heteroatoms. The van der Waals surface area contributed by atoms with Crippen LogP contribution in [0.1, 0.15) is 11.1 Å². The van der Waals surface area contributed by atoms with E-state index in [9.17, 15) is 4.79 Å². The summed E-state index contributed by atoms with van der Waals surface area (Å²) in [4.78, 5) is 13.7. The number of carbonyl (C=O) groups excluding carboxylic acids is 1. The summed E-state index contributed by atoms with van der Waals surface area (Å²) in [6, 6.07) is 15.1. The second kappa shape index (κ2) is 7.14. The summed E-state index contributed by atoms with van der Waals surface area (Å²) in [7, 11) is 1.75. The minimum atomic E-state index is -0.0736. The van der Waals surface area contributed by atoms with Gasteiger partial charge in [-0.3, -0.25) is 4.79 Å². The second-order valence-electron chi connectivity index (χ2n) is 4.98.